The quantitative estimate of drug-likeness (QED) is 0.477. The second-order valence-corrected chi connectivity index (χ2v) is 3.90. The van der Waals surface area contributed by atoms with Gasteiger partial charge in [0.15, 0.2) is 11.5 Å². The Kier molecular flexibility index (Phi) is 4.52. The van der Waals surface area contributed by atoms with Crippen molar-refractivity contribution in [1.82, 2.24) is 4.98 Å². The molecular formula is C13H14N4O4. The molecule has 1 heterocycles. The van der Waals surface area contributed by atoms with Gasteiger partial charge >= 0.3 is 11.6 Å². The van der Waals surface area contributed by atoms with Crippen molar-refractivity contribution in [3.8, 4) is 17.4 Å². The highest BCUT2D eigenvalue weighted by atomic mass is 16.6. The second kappa shape index (κ2) is 6.53. The number of hydrogen-bond donors (Lipinski definition) is 2. The van der Waals surface area contributed by atoms with Crippen LogP contribution in [0.15, 0.2) is 36.4 Å². The van der Waals surface area contributed by atoms with Gasteiger partial charge in [-0.25, -0.2) is 5.84 Å². The number of pyridine rings is 1. The molecule has 8 nitrogen and oxygen atoms in total. The summed E-state index contributed by atoms with van der Waals surface area (Å²) in [7, 11) is 0. The first-order valence-corrected chi connectivity index (χ1v) is 6.17. The van der Waals surface area contributed by atoms with Crippen molar-refractivity contribution in [1.29, 1.82) is 0 Å². The zero-order chi connectivity index (χ0) is 15.2. The van der Waals surface area contributed by atoms with Gasteiger partial charge in [0.2, 0.25) is 0 Å². The molecule has 0 saturated carbocycles. The molecule has 0 spiro atoms. The third-order valence-corrected chi connectivity index (χ3v) is 2.54. The smallest absolute Gasteiger partial charge is 0.331 e. The summed E-state index contributed by atoms with van der Waals surface area (Å²) < 4.78 is 10.9. The van der Waals surface area contributed by atoms with E-state index in [1.165, 1.54) is 12.1 Å². The lowest BCUT2D eigenvalue weighted by Gasteiger charge is -2.11. The molecule has 2 aromatic rings. The van der Waals surface area contributed by atoms with E-state index in [-0.39, 0.29) is 17.4 Å². The fraction of sp³-hybridized carbons (Fsp3) is 0.154. The van der Waals surface area contributed by atoms with Gasteiger partial charge in [-0.05, 0) is 25.1 Å². The van der Waals surface area contributed by atoms with E-state index in [1.54, 1.807) is 24.3 Å². The highest BCUT2D eigenvalue weighted by molar-refractivity contribution is 5.51. The molecule has 1 aromatic heterocycles. The Hall–Kier alpha value is -2.87. The van der Waals surface area contributed by atoms with E-state index >= 15 is 0 Å². The molecule has 2 rings (SSSR count). The summed E-state index contributed by atoms with van der Waals surface area (Å²) >= 11 is 0. The number of benzene rings is 1. The summed E-state index contributed by atoms with van der Waals surface area (Å²) in [5.41, 5.74) is 2.05. The maximum absolute atomic E-state index is 11.0. The van der Waals surface area contributed by atoms with Crippen molar-refractivity contribution in [3.63, 3.8) is 0 Å². The molecule has 0 atom stereocenters. The van der Waals surface area contributed by atoms with Crippen LogP contribution >= 0.6 is 0 Å². The van der Waals surface area contributed by atoms with E-state index < -0.39 is 4.92 Å². The fourth-order valence-electron chi connectivity index (χ4n) is 1.64. The Morgan fingerprint density at radius 1 is 1.29 bits per heavy atom. The predicted octanol–water partition coefficient (Wildman–Crippen LogP) is 2.47. The minimum absolute atomic E-state index is 0.164. The van der Waals surface area contributed by atoms with Crippen LogP contribution in [-0.2, 0) is 0 Å². The zero-order valence-electron chi connectivity index (χ0n) is 11.3. The number of nitrogen functional groups attached to an aromatic ring is 1. The lowest BCUT2D eigenvalue weighted by Crippen LogP contribution is -2.09. The number of rotatable bonds is 6. The monoisotopic (exact) mass is 290 g/mol. The van der Waals surface area contributed by atoms with Gasteiger partial charge < -0.3 is 14.9 Å². The molecule has 0 radical (unpaired) electrons. The Bertz CT molecular complexity index is 648. The summed E-state index contributed by atoms with van der Waals surface area (Å²) in [6.07, 6.45) is 0. The van der Waals surface area contributed by atoms with Gasteiger partial charge in [0.1, 0.15) is 5.82 Å². The van der Waals surface area contributed by atoms with E-state index in [4.69, 9.17) is 15.3 Å². The molecule has 3 N–H and O–H groups in total. The van der Waals surface area contributed by atoms with Crippen LogP contribution < -0.4 is 20.7 Å². The first-order chi connectivity index (χ1) is 10.2. The molecule has 0 fully saturated rings. The molecule has 21 heavy (non-hydrogen) atoms. The van der Waals surface area contributed by atoms with Gasteiger partial charge in [-0.15, -0.1) is 0 Å². The highest BCUT2D eigenvalue weighted by Crippen LogP contribution is 2.35. The summed E-state index contributed by atoms with van der Waals surface area (Å²) in [5.74, 6) is 6.15. The molecule has 0 amide bonds. The second-order valence-electron chi connectivity index (χ2n) is 3.90. The Balaban J connectivity index is 2.40. The standard InChI is InChI=1S/C13H14N4O4/c1-2-20-10-5-3-4-6-11(10)21-13-9(17(18)19)7-8-12(15-13)16-14/h3-8H,2,14H2,1H3,(H,15,16). The van der Waals surface area contributed by atoms with Crippen LogP contribution in [0.3, 0.4) is 0 Å². The van der Waals surface area contributed by atoms with E-state index in [0.717, 1.165) is 0 Å². The van der Waals surface area contributed by atoms with Crippen molar-refractivity contribution in [2.24, 2.45) is 5.84 Å². The third kappa shape index (κ3) is 3.37. The minimum atomic E-state index is -0.577. The van der Waals surface area contributed by atoms with Gasteiger partial charge in [-0.3, -0.25) is 10.1 Å². The summed E-state index contributed by atoms with van der Waals surface area (Å²) in [5, 5.41) is 11.0. The Morgan fingerprint density at radius 3 is 2.62 bits per heavy atom. The topological polar surface area (TPSA) is 113 Å². The molecule has 0 aliphatic heterocycles. The number of nitrogens with one attached hydrogen (secondary N) is 1. The Labute approximate surface area is 120 Å². The van der Waals surface area contributed by atoms with Gasteiger partial charge in [-0.2, -0.15) is 4.98 Å². The molecular weight excluding hydrogens is 276 g/mol. The number of anilines is 1. The number of para-hydroxylation sites is 2. The first-order valence-electron chi connectivity index (χ1n) is 6.17. The number of nitro groups is 1. The number of hydrogen-bond acceptors (Lipinski definition) is 7. The van der Waals surface area contributed by atoms with E-state index in [1.807, 2.05) is 6.92 Å². The minimum Gasteiger partial charge on any atom is -0.490 e. The summed E-state index contributed by atoms with van der Waals surface area (Å²) in [6.45, 7) is 2.27. The number of nitrogens with two attached hydrogens (primary N) is 1. The number of nitrogens with zero attached hydrogens (tertiary/aromatic N) is 2. The number of aromatic nitrogens is 1. The van der Waals surface area contributed by atoms with Crippen molar-refractivity contribution in [3.05, 3.63) is 46.5 Å². The van der Waals surface area contributed by atoms with Crippen molar-refractivity contribution in [2.45, 2.75) is 6.92 Å². The maximum Gasteiger partial charge on any atom is 0.331 e. The van der Waals surface area contributed by atoms with Crippen LogP contribution in [0.5, 0.6) is 17.4 Å². The van der Waals surface area contributed by atoms with Gasteiger partial charge in [0.25, 0.3) is 0 Å². The average molecular weight is 290 g/mol. The van der Waals surface area contributed by atoms with Crippen LogP contribution in [-0.4, -0.2) is 16.5 Å². The first kappa shape index (κ1) is 14.5. The number of ether oxygens (including phenoxy) is 2. The van der Waals surface area contributed by atoms with Crippen molar-refractivity contribution in [2.75, 3.05) is 12.0 Å². The molecule has 1 aromatic carbocycles. The van der Waals surface area contributed by atoms with Gasteiger partial charge in [0.05, 0.1) is 11.5 Å². The summed E-state index contributed by atoms with van der Waals surface area (Å²) in [6, 6.07) is 9.50. The van der Waals surface area contributed by atoms with Crippen LogP contribution in [0.25, 0.3) is 0 Å². The largest absolute Gasteiger partial charge is 0.490 e. The van der Waals surface area contributed by atoms with Gasteiger partial charge in [-0.1, -0.05) is 12.1 Å². The molecule has 8 heteroatoms. The molecule has 0 unspecified atom stereocenters. The molecule has 0 saturated heterocycles. The van der Waals surface area contributed by atoms with Crippen LogP contribution in [0.2, 0.25) is 0 Å². The van der Waals surface area contributed by atoms with E-state index in [2.05, 4.69) is 10.4 Å². The zero-order valence-corrected chi connectivity index (χ0v) is 11.3. The molecule has 0 aliphatic carbocycles. The van der Waals surface area contributed by atoms with Crippen molar-refractivity contribution < 1.29 is 14.4 Å². The van der Waals surface area contributed by atoms with E-state index in [0.29, 0.717) is 18.1 Å². The third-order valence-electron chi connectivity index (χ3n) is 2.54. The Morgan fingerprint density at radius 2 is 2.00 bits per heavy atom. The lowest BCUT2D eigenvalue weighted by molar-refractivity contribution is -0.386. The fourth-order valence-corrected chi connectivity index (χ4v) is 1.64. The maximum atomic E-state index is 11.0. The van der Waals surface area contributed by atoms with Crippen LogP contribution in [0.4, 0.5) is 11.5 Å². The lowest BCUT2D eigenvalue weighted by atomic mass is 10.3. The molecule has 0 bridgehead atoms. The molecule has 110 valence electrons. The van der Waals surface area contributed by atoms with Gasteiger partial charge in [0, 0.05) is 6.07 Å². The van der Waals surface area contributed by atoms with Crippen LogP contribution in [0.1, 0.15) is 6.92 Å². The number of hydrazine groups is 1. The average Bonchev–Trinajstić information content (AvgIpc) is 2.49. The van der Waals surface area contributed by atoms with E-state index in [9.17, 15) is 10.1 Å². The van der Waals surface area contributed by atoms with Crippen molar-refractivity contribution >= 4 is 11.5 Å². The molecule has 0 aliphatic rings. The summed E-state index contributed by atoms with van der Waals surface area (Å²) in [4.78, 5) is 14.4. The SMILES string of the molecule is CCOc1ccccc1Oc1nc(NN)ccc1[N+](=O)[O-]. The normalized spacial score (nSPS) is 10.0. The van der Waals surface area contributed by atoms with Crippen LogP contribution in [0, 0.1) is 10.1 Å². The highest BCUT2D eigenvalue weighted by Gasteiger charge is 2.19. The predicted molar refractivity (Wildman–Crippen MR) is 76.4 cm³/mol.